The van der Waals surface area contributed by atoms with Gasteiger partial charge in [-0.15, -0.1) is 0 Å². The zero-order valence-electron chi connectivity index (χ0n) is 10.1. The number of benzene rings is 1. The van der Waals surface area contributed by atoms with E-state index in [0.717, 1.165) is 11.0 Å². The molecule has 0 bridgehead atoms. The van der Waals surface area contributed by atoms with Crippen LogP contribution >= 0.6 is 0 Å². The Morgan fingerprint density at radius 1 is 1.26 bits per heavy atom. The molecule has 0 N–H and O–H groups in total. The van der Waals surface area contributed by atoms with Crippen LogP contribution < -0.4 is 0 Å². The minimum absolute atomic E-state index is 0.0184. The highest BCUT2D eigenvalue weighted by molar-refractivity contribution is 5.94. The van der Waals surface area contributed by atoms with Gasteiger partial charge in [0, 0.05) is 13.1 Å². The highest BCUT2D eigenvalue weighted by Crippen LogP contribution is 2.33. The number of piperidine rings is 1. The van der Waals surface area contributed by atoms with Crippen molar-refractivity contribution in [2.75, 3.05) is 13.1 Å². The van der Waals surface area contributed by atoms with Crippen LogP contribution in [0.1, 0.15) is 23.2 Å². The molecule has 1 aliphatic rings. The topological polar surface area (TPSA) is 20.3 Å². The summed E-state index contributed by atoms with van der Waals surface area (Å²) in [4.78, 5) is 13.1. The monoisotopic (exact) mass is 275 g/mol. The summed E-state index contributed by atoms with van der Waals surface area (Å²) in [5, 5.41) is 0. The minimum atomic E-state index is -4.31. The molecule has 19 heavy (non-hydrogen) atoms. The van der Waals surface area contributed by atoms with E-state index in [-0.39, 0.29) is 24.9 Å². The van der Waals surface area contributed by atoms with Gasteiger partial charge in [0.2, 0.25) is 0 Å². The van der Waals surface area contributed by atoms with Crippen molar-refractivity contribution in [2.24, 2.45) is 5.92 Å². The smallest absolute Gasteiger partial charge is 0.338 e. The van der Waals surface area contributed by atoms with Crippen LogP contribution in [0.2, 0.25) is 0 Å². The van der Waals surface area contributed by atoms with Crippen LogP contribution in [-0.4, -0.2) is 30.1 Å². The van der Waals surface area contributed by atoms with Gasteiger partial charge in [-0.3, -0.25) is 4.79 Å². The summed E-state index contributed by atoms with van der Waals surface area (Å²) >= 11 is 0. The van der Waals surface area contributed by atoms with Crippen LogP contribution in [0, 0.1) is 11.7 Å². The van der Waals surface area contributed by atoms with Crippen LogP contribution in [0.3, 0.4) is 0 Å². The maximum absolute atomic E-state index is 13.5. The fourth-order valence-corrected chi connectivity index (χ4v) is 2.23. The van der Waals surface area contributed by atoms with Gasteiger partial charge in [0.25, 0.3) is 5.91 Å². The Bertz CT molecular complexity index is 472. The molecule has 1 atom stereocenters. The third-order valence-electron chi connectivity index (χ3n) is 3.28. The second-order valence-corrected chi connectivity index (χ2v) is 4.61. The van der Waals surface area contributed by atoms with Gasteiger partial charge in [-0.2, -0.15) is 13.2 Å². The molecule has 6 heteroatoms. The van der Waals surface area contributed by atoms with E-state index >= 15 is 0 Å². The van der Waals surface area contributed by atoms with Crippen molar-refractivity contribution in [3.05, 3.63) is 35.6 Å². The number of hydrogen-bond donors (Lipinski definition) is 0. The number of amides is 1. The lowest BCUT2D eigenvalue weighted by Crippen LogP contribution is -2.44. The molecule has 1 aliphatic heterocycles. The molecule has 1 unspecified atom stereocenters. The van der Waals surface area contributed by atoms with Crippen LogP contribution in [0.15, 0.2) is 24.3 Å². The van der Waals surface area contributed by atoms with Crippen LogP contribution in [0.5, 0.6) is 0 Å². The van der Waals surface area contributed by atoms with Crippen molar-refractivity contribution in [1.29, 1.82) is 0 Å². The largest absolute Gasteiger partial charge is 0.393 e. The predicted molar refractivity (Wildman–Crippen MR) is 61.1 cm³/mol. The molecule has 0 aromatic heterocycles. The standard InChI is InChI=1S/C13H13F4NO/c14-11-6-2-1-5-10(11)12(19)18-7-3-4-9(8-18)13(15,16)17/h1-2,5-6,9H,3-4,7-8H2. The molecule has 1 aromatic rings. The molecule has 1 fully saturated rings. The molecular weight excluding hydrogens is 262 g/mol. The fourth-order valence-electron chi connectivity index (χ4n) is 2.23. The van der Waals surface area contributed by atoms with Crippen molar-refractivity contribution in [3.63, 3.8) is 0 Å². The van der Waals surface area contributed by atoms with Crippen molar-refractivity contribution in [2.45, 2.75) is 19.0 Å². The van der Waals surface area contributed by atoms with Gasteiger partial charge in [-0.1, -0.05) is 12.1 Å². The van der Waals surface area contributed by atoms with Gasteiger partial charge in [-0.05, 0) is 25.0 Å². The van der Waals surface area contributed by atoms with Crippen LogP contribution in [0.4, 0.5) is 17.6 Å². The molecule has 0 saturated carbocycles. The lowest BCUT2D eigenvalue weighted by Gasteiger charge is -2.33. The molecule has 2 rings (SSSR count). The summed E-state index contributed by atoms with van der Waals surface area (Å²) in [5.41, 5.74) is -0.176. The third-order valence-corrected chi connectivity index (χ3v) is 3.28. The average Bonchev–Trinajstić information content (AvgIpc) is 2.38. The Morgan fingerprint density at radius 2 is 1.95 bits per heavy atom. The van der Waals surface area contributed by atoms with Gasteiger partial charge in [-0.25, -0.2) is 4.39 Å². The van der Waals surface area contributed by atoms with Gasteiger partial charge in [0.05, 0.1) is 11.5 Å². The summed E-state index contributed by atoms with van der Waals surface area (Å²) in [6.45, 7) is -0.156. The number of carbonyl (C=O) groups excluding carboxylic acids is 1. The molecular formula is C13H13F4NO. The first-order valence-corrected chi connectivity index (χ1v) is 6.00. The van der Waals surface area contributed by atoms with E-state index in [1.165, 1.54) is 18.2 Å². The zero-order valence-corrected chi connectivity index (χ0v) is 10.1. The Morgan fingerprint density at radius 3 is 2.58 bits per heavy atom. The van der Waals surface area contributed by atoms with Crippen molar-refractivity contribution in [3.8, 4) is 0 Å². The summed E-state index contributed by atoms with van der Waals surface area (Å²) in [7, 11) is 0. The van der Waals surface area contributed by atoms with Crippen LogP contribution in [0.25, 0.3) is 0 Å². The third kappa shape index (κ3) is 3.05. The first kappa shape index (κ1) is 13.8. The molecule has 1 saturated heterocycles. The molecule has 1 heterocycles. The number of hydrogen-bond acceptors (Lipinski definition) is 1. The lowest BCUT2D eigenvalue weighted by molar-refractivity contribution is -0.184. The van der Waals surface area contributed by atoms with E-state index in [4.69, 9.17) is 0 Å². The summed E-state index contributed by atoms with van der Waals surface area (Å²) in [6.07, 6.45) is -4.01. The highest BCUT2D eigenvalue weighted by atomic mass is 19.4. The van der Waals surface area contributed by atoms with E-state index < -0.39 is 30.4 Å². The number of likely N-dealkylation sites (tertiary alicyclic amines) is 1. The van der Waals surface area contributed by atoms with Gasteiger partial charge in [0.15, 0.2) is 0 Å². The van der Waals surface area contributed by atoms with Gasteiger partial charge < -0.3 is 4.90 Å². The molecule has 104 valence electrons. The number of nitrogens with zero attached hydrogens (tertiary/aromatic N) is 1. The van der Waals surface area contributed by atoms with Crippen LogP contribution in [-0.2, 0) is 0 Å². The maximum atomic E-state index is 13.5. The Balaban J connectivity index is 2.14. The zero-order chi connectivity index (χ0) is 14.0. The summed E-state index contributed by atoms with van der Waals surface area (Å²) < 4.78 is 51.4. The Kier molecular flexibility index (Phi) is 3.78. The lowest BCUT2D eigenvalue weighted by atomic mass is 9.97. The first-order valence-electron chi connectivity index (χ1n) is 6.00. The number of alkyl halides is 3. The minimum Gasteiger partial charge on any atom is -0.338 e. The van der Waals surface area contributed by atoms with Crippen molar-refractivity contribution in [1.82, 2.24) is 4.90 Å². The van der Waals surface area contributed by atoms with E-state index in [1.807, 2.05) is 0 Å². The second kappa shape index (κ2) is 5.19. The SMILES string of the molecule is O=C(c1ccccc1F)N1CCCC(C(F)(F)F)C1. The van der Waals surface area contributed by atoms with Crippen molar-refractivity contribution < 1.29 is 22.4 Å². The summed E-state index contributed by atoms with van der Waals surface area (Å²) in [6, 6.07) is 5.33. The normalized spacial score (nSPS) is 20.4. The van der Waals surface area contributed by atoms with E-state index in [1.54, 1.807) is 0 Å². The quantitative estimate of drug-likeness (QED) is 0.720. The van der Waals surface area contributed by atoms with E-state index in [9.17, 15) is 22.4 Å². The Labute approximate surface area is 108 Å². The second-order valence-electron chi connectivity index (χ2n) is 4.61. The summed E-state index contributed by atoms with van der Waals surface area (Å²) in [5.74, 6) is -2.90. The van der Waals surface area contributed by atoms with Crippen molar-refractivity contribution >= 4 is 5.91 Å². The van der Waals surface area contributed by atoms with E-state index in [2.05, 4.69) is 0 Å². The predicted octanol–water partition coefficient (Wildman–Crippen LogP) is 3.24. The number of halogens is 4. The molecule has 0 radical (unpaired) electrons. The highest BCUT2D eigenvalue weighted by Gasteiger charge is 2.42. The molecule has 2 nitrogen and oxygen atoms in total. The number of carbonyl (C=O) groups is 1. The van der Waals surface area contributed by atoms with Gasteiger partial charge in [0.1, 0.15) is 5.82 Å². The number of rotatable bonds is 1. The van der Waals surface area contributed by atoms with E-state index in [0.29, 0.717) is 0 Å². The average molecular weight is 275 g/mol. The fraction of sp³-hybridized carbons (Fsp3) is 0.462. The molecule has 0 aliphatic carbocycles. The molecule has 0 spiro atoms. The first-order chi connectivity index (χ1) is 8.89. The molecule has 1 aromatic carbocycles. The van der Waals surface area contributed by atoms with Gasteiger partial charge >= 0.3 is 6.18 Å². The Hall–Kier alpha value is -1.59. The maximum Gasteiger partial charge on any atom is 0.393 e. The molecule has 1 amide bonds.